The van der Waals surface area contributed by atoms with Crippen molar-refractivity contribution in [3.05, 3.63) is 58.6 Å². The summed E-state index contributed by atoms with van der Waals surface area (Å²) in [6.07, 6.45) is 10.4. The average Bonchev–Trinajstić information content (AvgIpc) is 3.29. The van der Waals surface area contributed by atoms with Gasteiger partial charge in [-0.15, -0.1) is 0 Å². The Hall–Kier alpha value is -4.41. The summed E-state index contributed by atoms with van der Waals surface area (Å²) in [5, 5.41) is 15.1. The minimum Gasteiger partial charge on any atom is -0.347 e. The van der Waals surface area contributed by atoms with Crippen molar-refractivity contribution in [3.63, 3.8) is 0 Å². The van der Waals surface area contributed by atoms with Crippen molar-refractivity contribution in [2.24, 2.45) is 5.92 Å². The van der Waals surface area contributed by atoms with Gasteiger partial charge in [0, 0.05) is 64.1 Å². The second kappa shape index (κ2) is 12.2. The number of hydrogen-bond acceptors (Lipinski definition) is 12. The van der Waals surface area contributed by atoms with Crippen LogP contribution in [0.25, 0.3) is 17.3 Å². The molecule has 0 bridgehead atoms. The normalized spacial score (nSPS) is 16.7. The van der Waals surface area contributed by atoms with E-state index in [4.69, 9.17) is 0 Å². The predicted molar refractivity (Wildman–Crippen MR) is 152 cm³/mol. The van der Waals surface area contributed by atoms with Crippen LogP contribution in [0.4, 0.5) is 16.7 Å². The van der Waals surface area contributed by atoms with Gasteiger partial charge in [-0.3, -0.25) is 19.9 Å². The Bertz CT molecular complexity index is 1480. The number of nitrogens with one attached hydrogen (secondary N) is 2. The Morgan fingerprint density at radius 2 is 1.95 bits per heavy atom. The molecular formula is C27H28N10O2S. The first-order chi connectivity index (χ1) is 19.4. The number of hydrogen-bond donors (Lipinski definition) is 2. The zero-order valence-corrected chi connectivity index (χ0v) is 23.0. The standard InChI is InChI=1S/C27H28N10O2S/c1-36(2)25-32-15-20(16-33-25)23-19(11-28)9-18(14-31-23)13-29-12-17-4-7-37(8-5-17)26-30-6-3-21(34-26)10-22-24(38)35-27(39)40-22/h3,6,9-10,14-17,29H,4-5,7-8,12-13H2,1-2H3,(H,35,38,39)/b22-10-. The van der Waals surface area contributed by atoms with Crippen molar-refractivity contribution in [2.45, 2.75) is 19.4 Å². The molecule has 204 valence electrons. The van der Waals surface area contributed by atoms with Crippen molar-refractivity contribution in [1.82, 2.24) is 35.6 Å². The molecule has 3 aromatic heterocycles. The van der Waals surface area contributed by atoms with E-state index >= 15 is 0 Å². The maximum Gasteiger partial charge on any atom is 0.290 e. The number of thioether (sulfide) groups is 1. The molecule has 2 N–H and O–H groups in total. The third-order valence-corrected chi connectivity index (χ3v) is 7.43. The van der Waals surface area contributed by atoms with Gasteiger partial charge in [0.25, 0.3) is 11.1 Å². The first-order valence-electron chi connectivity index (χ1n) is 12.8. The van der Waals surface area contributed by atoms with Crippen LogP contribution in [-0.4, -0.2) is 69.8 Å². The van der Waals surface area contributed by atoms with E-state index in [9.17, 15) is 14.9 Å². The van der Waals surface area contributed by atoms with E-state index in [-0.39, 0.29) is 5.24 Å². The Morgan fingerprint density at radius 3 is 2.62 bits per heavy atom. The molecular weight excluding hydrogens is 528 g/mol. The Labute approximate surface area is 236 Å². The van der Waals surface area contributed by atoms with Crippen LogP contribution in [0, 0.1) is 17.2 Å². The highest BCUT2D eigenvalue weighted by molar-refractivity contribution is 8.18. The van der Waals surface area contributed by atoms with E-state index in [1.54, 1.807) is 36.9 Å². The van der Waals surface area contributed by atoms with Gasteiger partial charge < -0.3 is 15.1 Å². The third-order valence-electron chi connectivity index (χ3n) is 6.62. The highest BCUT2D eigenvalue weighted by atomic mass is 32.2. The van der Waals surface area contributed by atoms with Crippen molar-refractivity contribution >= 4 is 40.9 Å². The lowest BCUT2D eigenvalue weighted by Gasteiger charge is -2.32. The lowest BCUT2D eigenvalue weighted by atomic mass is 9.97. The summed E-state index contributed by atoms with van der Waals surface area (Å²) < 4.78 is 0. The van der Waals surface area contributed by atoms with E-state index in [0.29, 0.717) is 51.8 Å². The molecule has 2 aliphatic rings. The number of carbonyl (C=O) groups is 2. The lowest BCUT2D eigenvalue weighted by molar-refractivity contribution is -0.115. The molecule has 2 amide bonds. The molecule has 0 spiro atoms. The Balaban J connectivity index is 1.12. The summed E-state index contributed by atoms with van der Waals surface area (Å²) in [5.74, 6) is 1.32. The van der Waals surface area contributed by atoms with E-state index in [1.165, 1.54) is 0 Å². The van der Waals surface area contributed by atoms with Gasteiger partial charge in [0.1, 0.15) is 6.07 Å². The van der Waals surface area contributed by atoms with Crippen LogP contribution in [0.15, 0.2) is 41.8 Å². The molecule has 5 rings (SSSR count). The summed E-state index contributed by atoms with van der Waals surface area (Å²) in [6, 6.07) is 5.83. The third kappa shape index (κ3) is 6.41. The maximum absolute atomic E-state index is 11.8. The molecule has 0 aliphatic carbocycles. The highest BCUT2D eigenvalue weighted by Crippen LogP contribution is 2.26. The lowest BCUT2D eigenvalue weighted by Crippen LogP contribution is -2.38. The van der Waals surface area contributed by atoms with Crippen molar-refractivity contribution in [3.8, 4) is 17.3 Å². The molecule has 0 atom stereocenters. The zero-order chi connectivity index (χ0) is 28.1. The second-order valence-corrected chi connectivity index (χ2v) is 10.7. The molecule has 0 radical (unpaired) electrons. The van der Waals surface area contributed by atoms with Crippen LogP contribution >= 0.6 is 11.8 Å². The van der Waals surface area contributed by atoms with Gasteiger partial charge in [0.05, 0.1) is 21.9 Å². The molecule has 3 aromatic rings. The van der Waals surface area contributed by atoms with Gasteiger partial charge in [-0.1, -0.05) is 0 Å². The van der Waals surface area contributed by atoms with Crippen LogP contribution in [0.2, 0.25) is 0 Å². The minimum atomic E-state index is -0.399. The fourth-order valence-electron chi connectivity index (χ4n) is 4.50. The number of carbonyl (C=O) groups excluding carboxylic acids is 2. The molecule has 0 saturated carbocycles. The summed E-state index contributed by atoms with van der Waals surface area (Å²) >= 11 is 0.873. The smallest absolute Gasteiger partial charge is 0.290 e. The van der Waals surface area contributed by atoms with Gasteiger partial charge in [0.2, 0.25) is 11.9 Å². The monoisotopic (exact) mass is 556 g/mol. The highest BCUT2D eigenvalue weighted by Gasteiger charge is 2.26. The van der Waals surface area contributed by atoms with Crippen molar-refractivity contribution < 1.29 is 9.59 Å². The van der Waals surface area contributed by atoms with Crippen LogP contribution < -0.4 is 20.4 Å². The van der Waals surface area contributed by atoms with Crippen LogP contribution in [0.1, 0.15) is 29.7 Å². The largest absolute Gasteiger partial charge is 0.347 e. The summed E-state index contributed by atoms with van der Waals surface area (Å²) in [6.45, 7) is 3.12. The Morgan fingerprint density at radius 1 is 1.18 bits per heavy atom. The molecule has 40 heavy (non-hydrogen) atoms. The molecule has 5 heterocycles. The van der Waals surface area contributed by atoms with Crippen LogP contribution in [-0.2, 0) is 11.3 Å². The fraction of sp³-hybridized carbons (Fsp3) is 0.333. The van der Waals surface area contributed by atoms with Crippen molar-refractivity contribution in [2.75, 3.05) is 43.5 Å². The van der Waals surface area contributed by atoms with Crippen LogP contribution in [0.3, 0.4) is 0 Å². The van der Waals surface area contributed by atoms with Crippen LogP contribution in [0.5, 0.6) is 0 Å². The van der Waals surface area contributed by atoms with Crippen molar-refractivity contribution in [1.29, 1.82) is 5.26 Å². The van der Waals surface area contributed by atoms with Gasteiger partial charge in [-0.05, 0) is 60.8 Å². The number of nitriles is 1. The van der Waals surface area contributed by atoms with Gasteiger partial charge in [-0.2, -0.15) is 5.26 Å². The molecule has 0 unspecified atom stereocenters. The number of anilines is 2. The number of imide groups is 1. The van der Waals surface area contributed by atoms with E-state index in [1.807, 2.05) is 25.1 Å². The molecule has 2 fully saturated rings. The van der Waals surface area contributed by atoms with E-state index in [2.05, 4.69) is 46.5 Å². The molecule has 13 heteroatoms. The summed E-state index contributed by atoms with van der Waals surface area (Å²) in [7, 11) is 3.74. The number of nitrogens with zero attached hydrogens (tertiary/aromatic N) is 8. The number of amides is 2. The number of rotatable bonds is 8. The van der Waals surface area contributed by atoms with E-state index < -0.39 is 5.91 Å². The number of pyridine rings is 1. The Kier molecular flexibility index (Phi) is 8.28. The zero-order valence-electron chi connectivity index (χ0n) is 22.2. The van der Waals surface area contributed by atoms with Gasteiger partial charge in [0.15, 0.2) is 0 Å². The summed E-state index contributed by atoms with van der Waals surface area (Å²) in [4.78, 5) is 49.7. The number of aromatic nitrogens is 5. The maximum atomic E-state index is 11.8. The predicted octanol–water partition coefficient (Wildman–Crippen LogP) is 2.60. The molecule has 2 aliphatic heterocycles. The topological polar surface area (TPSA) is 153 Å². The fourth-order valence-corrected chi connectivity index (χ4v) is 5.17. The number of piperidine rings is 1. The second-order valence-electron chi connectivity index (χ2n) is 9.71. The SMILES string of the molecule is CN(C)c1ncc(-c2ncc(CNCC3CCN(c4nccc(/C=C5\SC(=O)NC5=O)n4)CC3)cc2C#N)cn1. The van der Waals surface area contributed by atoms with E-state index in [0.717, 1.165) is 49.8 Å². The molecule has 0 aromatic carbocycles. The first-order valence-corrected chi connectivity index (χ1v) is 13.6. The summed E-state index contributed by atoms with van der Waals surface area (Å²) in [5.41, 5.74) is 3.31. The minimum absolute atomic E-state index is 0.332. The quantitative estimate of drug-likeness (QED) is 0.392. The molecule has 12 nitrogen and oxygen atoms in total. The first kappa shape index (κ1) is 27.2. The average molecular weight is 557 g/mol. The van der Waals surface area contributed by atoms with Gasteiger partial charge >= 0.3 is 0 Å². The van der Waals surface area contributed by atoms with Gasteiger partial charge in [-0.25, -0.2) is 19.9 Å². The molecule has 2 saturated heterocycles.